The molecule has 6 nitrogen and oxygen atoms in total. The number of Topliss-reactive ketones (excluding diaryl/α,β-unsaturated/α-hetero) is 2. The van der Waals surface area contributed by atoms with Crippen molar-refractivity contribution < 1.29 is 19.1 Å². The summed E-state index contributed by atoms with van der Waals surface area (Å²) in [6, 6.07) is 22.6. The number of ketones is 2. The van der Waals surface area contributed by atoms with Crippen LogP contribution in [0.3, 0.4) is 0 Å². The molecule has 170 valence electrons. The lowest BCUT2D eigenvalue weighted by molar-refractivity contribution is 0.0775. The molecule has 4 N–H and O–H groups in total. The Balaban J connectivity index is 1.57. The van der Waals surface area contributed by atoms with E-state index in [4.69, 9.17) is 20.9 Å². The highest BCUT2D eigenvalue weighted by Gasteiger charge is 2.48. The van der Waals surface area contributed by atoms with E-state index >= 15 is 0 Å². The van der Waals surface area contributed by atoms with Crippen molar-refractivity contribution in [3.8, 4) is 11.5 Å². The average molecular weight is 453 g/mol. The van der Waals surface area contributed by atoms with Crippen molar-refractivity contribution in [3.05, 3.63) is 119 Å². The molecule has 0 bridgehead atoms. The van der Waals surface area contributed by atoms with Crippen molar-refractivity contribution in [1.29, 1.82) is 0 Å². The summed E-state index contributed by atoms with van der Waals surface area (Å²) >= 11 is 0. The molecule has 3 aromatic rings. The van der Waals surface area contributed by atoms with E-state index in [2.05, 4.69) is 0 Å². The second-order valence-corrected chi connectivity index (χ2v) is 8.38. The Labute approximate surface area is 197 Å². The number of hydrogen-bond donors (Lipinski definition) is 2. The van der Waals surface area contributed by atoms with E-state index in [0.29, 0.717) is 22.9 Å². The van der Waals surface area contributed by atoms with Gasteiger partial charge in [0.1, 0.15) is 24.7 Å². The number of allylic oxidation sites excluding steroid dienone is 4. The van der Waals surface area contributed by atoms with Gasteiger partial charge in [0.2, 0.25) is 0 Å². The molecule has 34 heavy (non-hydrogen) atoms. The Morgan fingerprint density at radius 2 is 0.971 bits per heavy atom. The van der Waals surface area contributed by atoms with Gasteiger partial charge in [0.15, 0.2) is 11.6 Å². The molecule has 0 heterocycles. The van der Waals surface area contributed by atoms with Gasteiger partial charge in [-0.3, -0.25) is 9.59 Å². The minimum absolute atomic E-state index is 0.193. The summed E-state index contributed by atoms with van der Waals surface area (Å²) in [5.74, 6) is -1.65. The number of hydrogen-bond acceptors (Lipinski definition) is 6. The van der Waals surface area contributed by atoms with Crippen LogP contribution in [0.5, 0.6) is 11.5 Å². The lowest BCUT2D eigenvalue weighted by Crippen LogP contribution is -2.43. The van der Waals surface area contributed by atoms with Crippen molar-refractivity contribution in [2.24, 2.45) is 23.3 Å². The fourth-order valence-corrected chi connectivity index (χ4v) is 4.47. The highest BCUT2D eigenvalue weighted by Crippen LogP contribution is 2.44. The predicted octanol–water partition coefficient (Wildman–Crippen LogP) is 4.15. The Morgan fingerprint density at radius 1 is 0.588 bits per heavy atom. The highest BCUT2D eigenvalue weighted by atomic mass is 16.5. The van der Waals surface area contributed by atoms with Crippen LogP contribution in [0.1, 0.15) is 31.8 Å². The zero-order valence-electron chi connectivity index (χ0n) is 18.4. The van der Waals surface area contributed by atoms with Crippen molar-refractivity contribution in [2.75, 3.05) is 0 Å². The van der Waals surface area contributed by atoms with E-state index < -0.39 is 11.8 Å². The third-order valence-electron chi connectivity index (χ3n) is 6.18. The zero-order chi connectivity index (χ0) is 23.7. The van der Waals surface area contributed by atoms with Crippen LogP contribution in [0.15, 0.2) is 96.3 Å². The molecule has 5 rings (SSSR count). The van der Waals surface area contributed by atoms with E-state index in [1.807, 2.05) is 60.7 Å². The summed E-state index contributed by atoms with van der Waals surface area (Å²) in [6.45, 7) is 0.501. The first-order chi connectivity index (χ1) is 16.5. The van der Waals surface area contributed by atoms with E-state index in [-0.39, 0.29) is 35.9 Å². The van der Waals surface area contributed by atoms with Crippen LogP contribution >= 0.6 is 0 Å². The zero-order valence-corrected chi connectivity index (χ0v) is 18.4. The lowest BCUT2D eigenvalue weighted by atomic mass is 9.69. The number of carbonyl (C=O) groups excluding carboxylic acids is 2. The Kier molecular flexibility index (Phi) is 5.64. The number of rotatable bonds is 6. The van der Waals surface area contributed by atoms with E-state index in [0.717, 1.165) is 11.1 Å². The number of nitrogens with two attached hydrogens (primary N) is 2. The van der Waals surface area contributed by atoms with Crippen molar-refractivity contribution in [2.45, 2.75) is 13.2 Å². The quantitative estimate of drug-likeness (QED) is 0.582. The molecular weight excluding hydrogens is 428 g/mol. The predicted molar refractivity (Wildman–Crippen MR) is 128 cm³/mol. The Bertz CT molecular complexity index is 1210. The summed E-state index contributed by atoms with van der Waals surface area (Å²) < 4.78 is 12.1. The van der Waals surface area contributed by atoms with Crippen LogP contribution in [0.4, 0.5) is 0 Å². The number of ether oxygens (including phenoxy) is 2. The normalized spacial score (nSPS) is 18.9. The molecule has 0 saturated heterocycles. The molecule has 2 atom stereocenters. The summed E-state index contributed by atoms with van der Waals surface area (Å²) in [5.41, 5.74) is 15.2. The molecule has 0 saturated carbocycles. The first-order valence-electron chi connectivity index (χ1n) is 11.1. The Hall–Kier alpha value is -4.32. The maximum atomic E-state index is 13.7. The Morgan fingerprint density at radius 3 is 1.35 bits per heavy atom. The molecule has 0 aliphatic heterocycles. The standard InChI is InChI=1S/C28H24N2O4/c29-19-11-12-20(30)24-23(19)27(31)25-21(33-15-17-7-3-1-4-8-17)13-14-22(26(25)28(24)32)34-16-18-9-5-2-6-10-18/h1-14,23-24H,15-16,29-30H2. The van der Waals surface area contributed by atoms with Gasteiger partial charge in [-0.25, -0.2) is 0 Å². The largest absolute Gasteiger partial charge is 0.488 e. The second kappa shape index (κ2) is 8.90. The number of carbonyl (C=O) groups is 2. The van der Waals surface area contributed by atoms with Gasteiger partial charge in [-0.2, -0.15) is 0 Å². The maximum absolute atomic E-state index is 13.7. The third-order valence-corrected chi connectivity index (χ3v) is 6.18. The van der Waals surface area contributed by atoms with E-state index in [1.165, 1.54) is 0 Å². The minimum Gasteiger partial charge on any atom is -0.488 e. The molecule has 0 radical (unpaired) electrons. The first-order valence-corrected chi connectivity index (χ1v) is 11.1. The van der Waals surface area contributed by atoms with Crippen molar-refractivity contribution in [1.82, 2.24) is 0 Å². The topological polar surface area (TPSA) is 105 Å². The molecule has 0 fully saturated rings. The van der Waals surface area contributed by atoms with Gasteiger partial charge < -0.3 is 20.9 Å². The lowest BCUT2D eigenvalue weighted by Gasteiger charge is -2.34. The number of benzene rings is 3. The van der Waals surface area contributed by atoms with E-state index in [9.17, 15) is 9.59 Å². The smallest absolute Gasteiger partial charge is 0.177 e. The molecule has 2 aliphatic rings. The van der Waals surface area contributed by atoms with Crippen LogP contribution in [-0.2, 0) is 13.2 Å². The molecule has 6 heteroatoms. The molecular formula is C28H24N2O4. The van der Waals surface area contributed by atoms with Crippen molar-refractivity contribution in [3.63, 3.8) is 0 Å². The van der Waals surface area contributed by atoms with Gasteiger partial charge in [-0.1, -0.05) is 60.7 Å². The average Bonchev–Trinajstić information content (AvgIpc) is 2.87. The molecule has 0 amide bonds. The molecule has 0 spiro atoms. The van der Waals surface area contributed by atoms with Crippen LogP contribution in [0.2, 0.25) is 0 Å². The highest BCUT2D eigenvalue weighted by molar-refractivity contribution is 6.20. The van der Waals surface area contributed by atoms with Crippen LogP contribution in [0, 0.1) is 11.8 Å². The first kappa shape index (κ1) is 21.5. The monoisotopic (exact) mass is 452 g/mol. The van der Waals surface area contributed by atoms with Crippen LogP contribution in [-0.4, -0.2) is 11.6 Å². The van der Waals surface area contributed by atoms with Gasteiger partial charge in [-0.05, 0) is 35.4 Å². The van der Waals surface area contributed by atoms with Gasteiger partial charge in [0.05, 0.1) is 23.0 Å². The van der Waals surface area contributed by atoms with Gasteiger partial charge in [-0.15, -0.1) is 0 Å². The molecule has 2 unspecified atom stereocenters. The maximum Gasteiger partial charge on any atom is 0.177 e. The summed E-state index contributed by atoms with van der Waals surface area (Å²) in [4.78, 5) is 27.4. The molecule has 3 aromatic carbocycles. The fraction of sp³-hybridized carbons (Fsp3) is 0.143. The SMILES string of the molecule is NC1=CC=C(N)C2C(=O)c3c(OCc4ccccc4)ccc(OCc4ccccc4)c3C(=O)C12. The molecule has 0 aromatic heterocycles. The second-order valence-electron chi connectivity index (χ2n) is 8.38. The van der Waals surface area contributed by atoms with Gasteiger partial charge >= 0.3 is 0 Å². The number of fused-ring (bicyclic) bond motifs is 2. The van der Waals surface area contributed by atoms with Crippen LogP contribution in [0.25, 0.3) is 0 Å². The fourth-order valence-electron chi connectivity index (χ4n) is 4.47. The summed E-state index contributed by atoms with van der Waals surface area (Å²) in [7, 11) is 0. The summed E-state index contributed by atoms with van der Waals surface area (Å²) in [5, 5.41) is 0. The molecule has 2 aliphatic carbocycles. The van der Waals surface area contributed by atoms with Crippen LogP contribution < -0.4 is 20.9 Å². The summed E-state index contributed by atoms with van der Waals surface area (Å²) in [6.07, 6.45) is 3.18. The van der Waals surface area contributed by atoms with Gasteiger partial charge in [0.25, 0.3) is 0 Å². The van der Waals surface area contributed by atoms with E-state index in [1.54, 1.807) is 24.3 Å². The van der Waals surface area contributed by atoms with Gasteiger partial charge in [0, 0.05) is 11.4 Å². The third kappa shape index (κ3) is 3.83. The minimum atomic E-state index is -0.853. The van der Waals surface area contributed by atoms with Crippen molar-refractivity contribution >= 4 is 11.6 Å².